The third kappa shape index (κ3) is 8.72. The number of carbonyl (C=O) groups excluding carboxylic acids is 1. The van der Waals surface area contributed by atoms with Gasteiger partial charge in [0.15, 0.2) is 0 Å². The summed E-state index contributed by atoms with van der Waals surface area (Å²) in [6.45, 7) is 12.1. The summed E-state index contributed by atoms with van der Waals surface area (Å²) in [7, 11) is 0. The third-order valence-electron chi connectivity index (χ3n) is 2.67. The lowest BCUT2D eigenvalue weighted by Gasteiger charge is -2.24. The minimum atomic E-state index is 0.153. The molecule has 1 amide bonds. The molecule has 0 unspecified atom stereocenters. The zero-order valence-electron chi connectivity index (χ0n) is 11.5. The maximum absolute atomic E-state index is 11.6. The van der Waals surface area contributed by atoms with Crippen molar-refractivity contribution >= 4 is 5.91 Å². The highest BCUT2D eigenvalue weighted by Gasteiger charge is 2.19. The summed E-state index contributed by atoms with van der Waals surface area (Å²) in [6, 6.07) is 0. The van der Waals surface area contributed by atoms with E-state index >= 15 is 0 Å². The second kappa shape index (κ2) is 6.24. The molecule has 3 N–H and O–H groups in total. The van der Waals surface area contributed by atoms with E-state index < -0.39 is 0 Å². The molecule has 0 aliphatic heterocycles. The summed E-state index contributed by atoms with van der Waals surface area (Å²) in [5.41, 5.74) is 5.87. The fourth-order valence-electron chi connectivity index (χ4n) is 1.42. The van der Waals surface area contributed by atoms with E-state index in [9.17, 15) is 4.79 Å². The highest BCUT2D eigenvalue weighted by atomic mass is 16.1. The summed E-state index contributed by atoms with van der Waals surface area (Å²) in [5, 5.41) is 2.97. The van der Waals surface area contributed by atoms with Gasteiger partial charge in [-0.3, -0.25) is 4.79 Å². The van der Waals surface area contributed by atoms with E-state index in [4.69, 9.17) is 5.73 Å². The first-order chi connectivity index (χ1) is 7.16. The van der Waals surface area contributed by atoms with Gasteiger partial charge in [0.25, 0.3) is 0 Å². The maximum Gasteiger partial charge on any atom is 0.220 e. The highest BCUT2D eigenvalue weighted by Crippen LogP contribution is 2.25. The van der Waals surface area contributed by atoms with Gasteiger partial charge in [-0.25, -0.2) is 0 Å². The lowest BCUT2D eigenvalue weighted by molar-refractivity contribution is -0.122. The van der Waals surface area contributed by atoms with Crippen molar-refractivity contribution in [3.8, 4) is 0 Å². The van der Waals surface area contributed by atoms with Gasteiger partial charge in [-0.15, -0.1) is 0 Å². The Morgan fingerprint density at radius 3 is 2.12 bits per heavy atom. The van der Waals surface area contributed by atoms with Gasteiger partial charge in [-0.1, -0.05) is 34.6 Å². The molecule has 0 bridgehead atoms. The minimum Gasteiger partial charge on any atom is -0.356 e. The summed E-state index contributed by atoms with van der Waals surface area (Å²) in [6.07, 6.45) is 2.48. The number of carbonyl (C=O) groups is 1. The standard InChI is InChI=1S/C13H28N2O/c1-12(2,3)10-15-11(16)6-7-13(4,5)8-9-14/h6-10,14H2,1-5H3,(H,15,16). The number of amides is 1. The fourth-order valence-corrected chi connectivity index (χ4v) is 1.42. The maximum atomic E-state index is 11.6. The van der Waals surface area contributed by atoms with Crippen molar-refractivity contribution < 1.29 is 4.79 Å². The Bertz CT molecular complexity index is 216. The molecule has 0 saturated carbocycles. The molecule has 0 aliphatic rings. The van der Waals surface area contributed by atoms with Gasteiger partial charge in [0.05, 0.1) is 0 Å². The Morgan fingerprint density at radius 2 is 1.69 bits per heavy atom. The molecule has 0 aliphatic carbocycles. The quantitative estimate of drug-likeness (QED) is 0.733. The van der Waals surface area contributed by atoms with Gasteiger partial charge in [-0.2, -0.15) is 0 Å². The van der Waals surface area contributed by atoms with E-state index in [2.05, 4.69) is 39.9 Å². The Labute approximate surface area is 100 Å². The summed E-state index contributed by atoms with van der Waals surface area (Å²) < 4.78 is 0. The first kappa shape index (κ1) is 15.4. The molecule has 0 aromatic rings. The smallest absolute Gasteiger partial charge is 0.220 e. The second-order valence-corrected chi connectivity index (χ2v) is 6.54. The summed E-state index contributed by atoms with van der Waals surface area (Å²) in [5.74, 6) is 0.153. The van der Waals surface area contributed by atoms with Crippen LogP contribution in [0.2, 0.25) is 0 Å². The number of nitrogens with two attached hydrogens (primary N) is 1. The van der Waals surface area contributed by atoms with Crippen molar-refractivity contribution in [2.45, 2.75) is 53.9 Å². The molecule has 96 valence electrons. The van der Waals surface area contributed by atoms with Crippen molar-refractivity contribution in [1.82, 2.24) is 5.32 Å². The van der Waals surface area contributed by atoms with Crippen LogP contribution in [-0.4, -0.2) is 19.0 Å². The molecule has 0 aromatic heterocycles. The van der Waals surface area contributed by atoms with Crippen molar-refractivity contribution in [3.05, 3.63) is 0 Å². The van der Waals surface area contributed by atoms with Crippen molar-refractivity contribution in [2.75, 3.05) is 13.1 Å². The molecule has 0 saturated heterocycles. The molecule has 0 spiro atoms. The average molecular weight is 228 g/mol. The second-order valence-electron chi connectivity index (χ2n) is 6.54. The molecular weight excluding hydrogens is 200 g/mol. The van der Waals surface area contributed by atoms with Crippen LogP contribution in [-0.2, 0) is 4.79 Å². The first-order valence-electron chi connectivity index (χ1n) is 6.13. The van der Waals surface area contributed by atoms with E-state index in [0.29, 0.717) is 13.0 Å². The fraction of sp³-hybridized carbons (Fsp3) is 0.923. The molecule has 0 atom stereocenters. The minimum absolute atomic E-state index is 0.153. The predicted octanol–water partition coefficient (Wildman–Crippen LogP) is 2.30. The predicted molar refractivity (Wildman–Crippen MR) is 69.2 cm³/mol. The van der Waals surface area contributed by atoms with Crippen LogP contribution >= 0.6 is 0 Å². The lowest BCUT2D eigenvalue weighted by Crippen LogP contribution is -2.33. The van der Waals surface area contributed by atoms with Crippen LogP contribution in [0.3, 0.4) is 0 Å². The Balaban J connectivity index is 3.81. The van der Waals surface area contributed by atoms with Crippen LogP contribution < -0.4 is 11.1 Å². The molecule has 0 radical (unpaired) electrons. The van der Waals surface area contributed by atoms with Crippen LogP contribution in [0.5, 0.6) is 0 Å². The van der Waals surface area contributed by atoms with Crippen molar-refractivity contribution in [1.29, 1.82) is 0 Å². The van der Waals surface area contributed by atoms with E-state index in [1.807, 2.05) is 0 Å². The number of rotatable bonds is 6. The van der Waals surface area contributed by atoms with Gasteiger partial charge in [0.1, 0.15) is 0 Å². The van der Waals surface area contributed by atoms with E-state index in [1.54, 1.807) is 0 Å². The first-order valence-corrected chi connectivity index (χ1v) is 6.13. The van der Waals surface area contributed by atoms with Gasteiger partial charge in [0, 0.05) is 13.0 Å². The monoisotopic (exact) mass is 228 g/mol. The van der Waals surface area contributed by atoms with Crippen LogP contribution in [0.4, 0.5) is 0 Å². The third-order valence-corrected chi connectivity index (χ3v) is 2.67. The molecule has 3 heteroatoms. The largest absolute Gasteiger partial charge is 0.356 e. The van der Waals surface area contributed by atoms with Crippen molar-refractivity contribution in [3.63, 3.8) is 0 Å². The van der Waals surface area contributed by atoms with Crippen LogP contribution in [0.25, 0.3) is 0 Å². The number of nitrogens with one attached hydrogen (secondary N) is 1. The number of hydrogen-bond donors (Lipinski definition) is 2. The van der Waals surface area contributed by atoms with Gasteiger partial charge in [-0.05, 0) is 30.2 Å². The Kier molecular flexibility index (Phi) is 6.01. The zero-order chi connectivity index (χ0) is 12.8. The van der Waals surface area contributed by atoms with E-state index in [1.165, 1.54) is 0 Å². The Morgan fingerprint density at radius 1 is 1.12 bits per heavy atom. The molecule has 3 nitrogen and oxygen atoms in total. The lowest BCUT2D eigenvalue weighted by atomic mass is 9.84. The van der Waals surface area contributed by atoms with Crippen LogP contribution in [0.1, 0.15) is 53.9 Å². The van der Waals surface area contributed by atoms with Crippen LogP contribution in [0, 0.1) is 10.8 Å². The summed E-state index contributed by atoms with van der Waals surface area (Å²) in [4.78, 5) is 11.6. The van der Waals surface area contributed by atoms with E-state index in [0.717, 1.165) is 19.4 Å². The Hall–Kier alpha value is -0.570. The molecule has 0 fully saturated rings. The topological polar surface area (TPSA) is 55.1 Å². The molecule has 0 rings (SSSR count). The van der Waals surface area contributed by atoms with Crippen LogP contribution in [0.15, 0.2) is 0 Å². The summed E-state index contributed by atoms with van der Waals surface area (Å²) >= 11 is 0. The van der Waals surface area contributed by atoms with Gasteiger partial charge >= 0.3 is 0 Å². The number of hydrogen-bond acceptors (Lipinski definition) is 2. The van der Waals surface area contributed by atoms with E-state index in [-0.39, 0.29) is 16.7 Å². The normalized spacial score (nSPS) is 12.6. The molecule has 0 aromatic carbocycles. The van der Waals surface area contributed by atoms with Gasteiger partial charge in [0.2, 0.25) is 5.91 Å². The van der Waals surface area contributed by atoms with Gasteiger partial charge < -0.3 is 11.1 Å². The van der Waals surface area contributed by atoms with Crippen molar-refractivity contribution in [2.24, 2.45) is 16.6 Å². The molecular formula is C13H28N2O. The molecule has 16 heavy (non-hydrogen) atoms. The highest BCUT2D eigenvalue weighted by molar-refractivity contribution is 5.75. The molecule has 0 heterocycles. The zero-order valence-corrected chi connectivity index (χ0v) is 11.5. The average Bonchev–Trinajstić information content (AvgIpc) is 2.10. The SMILES string of the molecule is CC(C)(C)CNC(=O)CCC(C)(C)CCN.